The van der Waals surface area contributed by atoms with E-state index in [1.165, 1.54) is 0 Å². The van der Waals surface area contributed by atoms with Crippen molar-refractivity contribution in [2.45, 2.75) is 0 Å². The Morgan fingerprint density at radius 1 is 1.28 bits per heavy atom. The molecule has 100 valence electrons. The lowest BCUT2D eigenvalue weighted by atomic mass is 10.3. The number of nitrogens with zero attached hydrogens (tertiary/aromatic N) is 4. The lowest BCUT2D eigenvalue weighted by Gasteiger charge is -2.35. The topological polar surface area (TPSA) is 117 Å². The van der Waals surface area contributed by atoms with Crippen molar-refractivity contribution in [1.29, 1.82) is 0 Å². The zero-order valence-corrected chi connectivity index (χ0v) is 10.2. The Morgan fingerprint density at radius 2 is 2.00 bits per heavy atom. The molecule has 0 saturated carbocycles. The Bertz CT molecular complexity index is 392. The molecule has 0 radical (unpaired) electrons. The van der Waals surface area contributed by atoms with Crippen LogP contribution in [-0.4, -0.2) is 59.3 Å². The summed E-state index contributed by atoms with van der Waals surface area (Å²) in [6.45, 7) is 4.41. The third-order valence-electron chi connectivity index (χ3n) is 2.99. The highest BCUT2D eigenvalue weighted by Gasteiger charge is 2.18. The first-order valence-corrected chi connectivity index (χ1v) is 5.92. The van der Waals surface area contributed by atoms with Gasteiger partial charge in [0.2, 0.25) is 5.95 Å². The summed E-state index contributed by atoms with van der Waals surface area (Å²) >= 11 is 0. The van der Waals surface area contributed by atoms with Gasteiger partial charge in [-0.25, -0.2) is 5.84 Å². The average molecular weight is 253 g/mol. The standard InChI is InChI=1S/C10H19N7O/c11-10-13-8(15-12)7-9(14-10)17-3-1-16(2-4-17)5-6-18/h7,18H,1-6,12H2,(H3,11,13,14,15). The Labute approximate surface area is 106 Å². The molecule has 1 aromatic rings. The van der Waals surface area contributed by atoms with Gasteiger partial charge in [-0.05, 0) is 0 Å². The number of hydrogen-bond acceptors (Lipinski definition) is 8. The van der Waals surface area contributed by atoms with Gasteiger partial charge in [-0.1, -0.05) is 0 Å². The number of aromatic nitrogens is 2. The summed E-state index contributed by atoms with van der Waals surface area (Å²) in [4.78, 5) is 12.5. The quantitative estimate of drug-likeness (QED) is 0.377. The summed E-state index contributed by atoms with van der Waals surface area (Å²) in [5.74, 6) is 6.82. The molecule has 0 spiro atoms. The van der Waals surface area contributed by atoms with E-state index in [9.17, 15) is 0 Å². The molecular weight excluding hydrogens is 234 g/mol. The largest absolute Gasteiger partial charge is 0.395 e. The van der Waals surface area contributed by atoms with Crippen molar-refractivity contribution in [3.63, 3.8) is 0 Å². The molecule has 1 fully saturated rings. The molecule has 6 N–H and O–H groups in total. The van der Waals surface area contributed by atoms with Crippen molar-refractivity contribution < 1.29 is 5.11 Å². The van der Waals surface area contributed by atoms with Crippen molar-refractivity contribution in [2.75, 3.05) is 55.4 Å². The van der Waals surface area contributed by atoms with Crippen LogP contribution in [0.4, 0.5) is 17.6 Å². The molecule has 0 amide bonds. The van der Waals surface area contributed by atoms with Crippen molar-refractivity contribution in [3.05, 3.63) is 6.07 Å². The Balaban J connectivity index is 2.02. The first-order valence-electron chi connectivity index (χ1n) is 5.92. The summed E-state index contributed by atoms with van der Waals surface area (Å²) in [6.07, 6.45) is 0. The normalized spacial score (nSPS) is 16.9. The maximum Gasteiger partial charge on any atom is 0.223 e. The summed E-state index contributed by atoms with van der Waals surface area (Å²) in [5, 5.41) is 8.89. The number of β-amino-alcohol motifs (C(OH)–C–C–N with tert-alkyl or cyclic N) is 1. The predicted octanol–water partition coefficient (Wildman–Crippen LogP) is -1.54. The van der Waals surface area contributed by atoms with Crippen LogP contribution >= 0.6 is 0 Å². The molecule has 1 aliphatic heterocycles. The Kier molecular flexibility index (Phi) is 4.13. The van der Waals surface area contributed by atoms with Gasteiger partial charge in [-0.2, -0.15) is 9.97 Å². The number of nitrogen functional groups attached to an aromatic ring is 2. The van der Waals surface area contributed by atoms with E-state index in [1.807, 2.05) is 0 Å². The lowest BCUT2D eigenvalue weighted by molar-refractivity contribution is 0.188. The van der Waals surface area contributed by atoms with Crippen LogP contribution in [0, 0.1) is 0 Å². The van der Waals surface area contributed by atoms with Crippen LogP contribution in [0.1, 0.15) is 0 Å². The van der Waals surface area contributed by atoms with Crippen LogP contribution in [0.2, 0.25) is 0 Å². The molecule has 18 heavy (non-hydrogen) atoms. The molecule has 2 heterocycles. The van der Waals surface area contributed by atoms with Crippen molar-refractivity contribution in [1.82, 2.24) is 14.9 Å². The molecular formula is C10H19N7O. The van der Waals surface area contributed by atoms with E-state index in [0.717, 1.165) is 38.5 Å². The van der Waals surface area contributed by atoms with Crippen molar-refractivity contribution >= 4 is 17.6 Å². The minimum absolute atomic E-state index is 0.196. The van der Waals surface area contributed by atoms with Gasteiger partial charge >= 0.3 is 0 Å². The summed E-state index contributed by atoms with van der Waals surface area (Å²) in [5.41, 5.74) is 8.10. The number of nitrogens with one attached hydrogen (secondary N) is 1. The fourth-order valence-corrected chi connectivity index (χ4v) is 2.03. The molecule has 1 aromatic heterocycles. The predicted molar refractivity (Wildman–Crippen MR) is 70.0 cm³/mol. The number of hydrogen-bond donors (Lipinski definition) is 4. The van der Waals surface area contributed by atoms with Gasteiger partial charge in [-0.3, -0.25) is 4.90 Å². The van der Waals surface area contributed by atoms with Gasteiger partial charge in [-0.15, -0.1) is 0 Å². The van der Waals surface area contributed by atoms with E-state index < -0.39 is 0 Å². The Morgan fingerprint density at radius 3 is 2.61 bits per heavy atom. The molecule has 8 nitrogen and oxygen atoms in total. The molecule has 1 aliphatic rings. The minimum atomic E-state index is 0.196. The molecule has 8 heteroatoms. The SMILES string of the molecule is NNc1cc(N2CCN(CCO)CC2)nc(N)n1. The maximum absolute atomic E-state index is 8.89. The maximum atomic E-state index is 8.89. The molecule has 0 atom stereocenters. The fourth-order valence-electron chi connectivity index (χ4n) is 2.03. The van der Waals surface area contributed by atoms with E-state index in [4.69, 9.17) is 16.7 Å². The summed E-state index contributed by atoms with van der Waals surface area (Å²) < 4.78 is 0. The highest BCUT2D eigenvalue weighted by molar-refractivity contribution is 5.52. The number of piperazine rings is 1. The van der Waals surface area contributed by atoms with Crippen LogP contribution in [0.3, 0.4) is 0 Å². The third-order valence-corrected chi connectivity index (χ3v) is 2.99. The third kappa shape index (κ3) is 2.97. The molecule has 2 rings (SSSR count). The van der Waals surface area contributed by atoms with E-state index >= 15 is 0 Å². The van der Waals surface area contributed by atoms with Crippen molar-refractivity contribution in [2.24, 2.45) is 5.84 Å². The first-order chi connectivity index (χ1) is 8.72. The average Bonchev–Trinajstić information content (AvgIpc) is 2.39. The molecule has 0 aliphatic carbocycles. The van der Waals surface area contributed by atoms with E-state index in [2.05, 4.69) is 25.2 Å². The van der Waals surface area contributed by atoms with Gasteiger partial charge in [0.05, 0.1) is 6.61 Å². The minimum Gasteiger partial charge on any atom is -0.395 e. The second-order valence-corrected chi connectivity index (χ2v) is 4.17. The molecule has 0 unspecified atom stereocenters. The molecule has 0 bridgehead atoms. The van der Waals surface area contributed by atoms with Gasteiger partial charge in [0.25, 0.3) is 0 Å². The number of rotatable bonds is 4. The number of aliphatic hydroxyl groups excluding tert-OH is 1. The van der Waals surface area contributed by atoms with Gasteiger partial charge < -0.3 is 21.2 Å². The van der Waals surface area contributed by atoms with E-state index in [0.29, 0.717) is 5.82 Å². The smallest absolute Gasteiger partial charge is 0.223 e. The van der Waals surface area contributed by atoms with Crippen LogP contribution in [-0.2, 0) is 0 Å². The van der Waals surface area contributed by atoms with Gasteiger partial charge in [0.15, 0.2) is 0 Å². The summed E-state index contributed by atoms with van der Waals surface area (Å²) in [7, 11) is 0. The van der Waals surface area contributed by atoms with Crippen LogP contribution < -0.4 is 21.9 Å². The van der Waals surface area contributed by atoms with Gasteiger partial charge in [0.1, 0.15) is 11.6 Å². The zero-order valence-electron chi connectivity index (χ0n) is 10.2. The second-order valence-electron chi connectivity index (χ2n) is 4.17. The van der Waals surface area contributed by atoms with Crippen molar-refractivity contribution in [3.8, 4) is 0 Å². The van der Waals surface area contributed by atoms with Crippen LogP contribution in [0.25, 0.3) is 0 Å². The van der Waals surface area contributed by atoms with Crippen LogP contribution in [0.5, 0.6) is 0 Å². The number of nitrogens with two attached hydrogens (primary N) is 2. The van der Waals surface area contributed by atoms with E-state index in [1.54, 1.807) is 6.07 Å². The number of hydrazine groups is 1. The number of anilines is 3. The first kappa shape index (κ1) is 12.8. The molecule has 1 saturated heterocycles. The van der Waals surface area contributed by atoms with Crippen LogP contribution in [0.15, 0.2) is 6.07 Å². The lowest BCUT2D eigenvalue weighted by Crippen LogP contribution is -2.47. The monoisotopic (exact) mass is 253 g/mol. The number of aliphatic hydroxyl groups is 1. The Hall–Kier alpha value is -1.64. The summed E-state index contributed by atoms with van der Waals surface area (Å²) in [6, 6.07) is 1.78. The van der Waals surface area contributed by atoms with Gasteiger partial charge in [0, 0.05) is 38.8 Å². The highest BCUT2D eigenvalue weighted by Crippen LogP contribution is 2.17. The second kappa shape index (κ2) is 5.80. The highest BCUT2D eigenvalue weighted by atomic mass is 16.3. The van der Waals surface area contributed by atoms with E-state index in [-0.39, 0.29) is 12.6 Å². The fraction of sp³-hybridized carbons (Fsp3) is 0.600. The zero-order chi connectivity index (χ0) is 13.0. The molecule has 0 aromatic carbocycles.